The number of nitrogens with one attached hydrogen (secondary N) is 1. The molecule has 7 heteroatoms. The summed E-state index contributed by atoms with van der Waals surface area (Å²) >= 11 is 1.31. The van der Waals surface area contributed by atoms with Crippen LogP contribution in [-0.2, 0) is 11.3 Å². The lowest BCUT2D eigenvalue weighted by Gasteiger charge is -2.16. The van der Waals surface area contributed by atoms with E-state index in [1.165, 1.54) is 11.3 Å². The van der Waals surface area contributed by atoms with Gasteiger partial charge in [-0.3, -0.25) is 0 Å². The van der Waals surface area contributed by atoms with Gasteiger partial charge in [0.15, 0.2) is 0 Å². The van der Waals surface area contributed by atoms with Crippen LogP contribution in [0.1, 0.15) is 16.7 Å². The van der Waals surface area contributed by atoms with E-state index in [1.807, 2.05) is 54.6 Å². The minimum absolute atomic E-state index is 0.134. The molecule has 1 heterocycles. The molecule has 2 unspecified atom stereocenters. The molecule has 25 heavy (non-hydrogen) atoms. The van der Waals surface area contributed by atoms with E-state index in [4.69, 9.17) is 4.74 Å². The number of benzene rings is 2. The second-order valence-corrected chi connectivity index (χ2v) is 6.54. The largest absolute Gasteiger partial charge is 0.445 e. The van der Waals surface area contributed by atoms with Crippen LogP contribution in [0, 0.1) is 0 Å². The van der Waals surface area contributed by atoms with E-state index in [0.717, 1.165) is 15.8 Å². The van der Waals surface area contributed by atoms with E-state index in [-0.39, 0.29) is 13.2 Å². The summed E-state index contributed by atoms with van der Waals surface area (Å²) in [6.45, 7) is 0.00784. The third kappa shape index (κ3) is 4.54. The van der Waals surface area contributed by atoms with Gasteiger partial charge in [0.1, 0.15) is 23.8 Å². The molecule has 6 nitrogen and oxygen atoms in total. The Labute approximate surface area is 148 Å². The number of aliphatic hydroxyl groups excluding tert-OH is 2. The van der Waals surface area contributed by atoms with Crippen molar-refractivity contribution in [2.24, 2.45) is 0 Å². The Morgan fingerprint density at radius 1 is 1.12 bits per heavy atom. The molecule has 0 aliphatic carbocycles. The van der Waals surface area contributed by atoms with E-state index in [1.54, 1.807) is 0 Å². The molecule has 0 aliphatic rings. The summed E-state index contributed by atoms with van der Waals surface area (Å²) in [4.78, 5) is 16.0. The van der Waals surface area contributed by atoms with Crippen LogP contribution in [-0.4, -0.2) is 33.9 Å². The molecule has 0 saturated heterocycles. The zero-order valence-electron chi connectivity index (χ0n) is 13.3. The lowest BCUT2D eigenvalue weighted by Crippen LogP contribution is -2.35. The minimum Gasteiger partial charge on any atom is -0.445 e. The Bertz CT molecular complexity index is 804. The topological polar surface area (TPSA) is 91.7 Å². The van der Waals surface area contributed by atoms with Gasteiger partial charge < -0.3 is 20.3 Å². The first-order chi connectivity index (χ1) is 12.1. The predicted octanol–water partition coefficient (Wildman–Crippen LogP) is 2.62. The number of hydrogen-bond donors (Lipinski definition) is 3. The van der Waals surface area contributed by atoms with Crippen molar-refractivity contribution in [2.45, 2.75) is 18.8 Å². The van der Waals surface area contributed by atoms with Gasteiger partial charge in [0.25, 0.3) is 0 Å². The minimum atomic E-state index is -1.18. The number of para-hydroxylation sites is 1. The normalized spacial score (nSPS) is 13.4. The van der Waals surface area contributed by atoms with Crippen LogP contribution < -0.4 is 5.32 Å². The van der Waals surface area contributed by atoms with Crippen LogP contribution in [0.15, 0.2) is 54.6 Å². The third-order valence-electron chi connectivity index (χ3n) is 3.60. The lowest BCUT2D eigenvalue weighted by molar-refractivity contribution is 0.0184. The molecular weight excluding hydrogens is 340 g/mol. The number of nitrogens with zero attached hydrogens (tertiary/aromatic N) is 1. The number of rotatable bonds is 6. The zero-order valence-corrected chi connectivity index (χ0v) is 14.1. The van der Waals surface area contributed by atoms with E-state index >= 15 is 0 Å². The fraction of sp³-hybridized carbons (Fsp3) is 0.222. The number of carbonyl (C=O) groups excluding carboxylic acids is 1. The van der Waals surface area contributed by atoms with Gasteiger partial charge in [-0.25, -0.2) is 9.78 Å². The van der Waals surface area contributed by atoms with Crippen LogP contribution in [0.25, 0.3) is 10.2 Å². The van der Waals surface area contributed by atoms with Crippen molar-refractivity contribution in [1.82, 2.24) is 10.3 Å². The average Bonchev–Trinajstić information content (AvgIpc) is 3.08. The molecule has 130 valence electrons. The lowest BCUT2D eigenvalue weighted by atomic mass is 10.2. The Morgan fingerprint density at radius 2 is 1.84 bits per heavy atom. The molecule has 0 aliphatic heterocycles. The standard InChI is InChI=1S/C18H18N2O4S/c21-14(10-19-18(23)24-11-12-6-2-1-3-7-12)16(22)17-20-13-8-4-5-9-15(13)25-17/h1-9,14,16,21-22H,10-11H2,(H,19,23). The summed E-state index contributed by atoms with van der Waals surface area (Å²) in [6, 6.07) is 16.8. The number of fused-ring (bicyclic) bond motifs is 1. The number of aromatic nitrogens is 1. The number of alkyl carbamates (subject to hydrolysis) is 1. The molecule has 3 rings (SSSR count). The molecule has 0 radical (unpaired) electrons. The molecule has 2 aromatic carbocycles. The van der Waals surface area contributed by atoms with Crippen LogP contribution >= 0.6 is 11.3 Å². The molecule has 0 fully saturated rings. The van der Waals surface area contributed by atoms with E-state index in [2.05, 4.69) is 10.3 Å². The van der Waals surface area contributed by atoms with Crippen molar-refractivity contribution in [2.75, 3.05) is 6.54 Å². The average molecular weight is 358 g/mol. The van der Waals surface area contributed by atoms with Crippen molar-refractivity contribution in [1.29, 1.82) is 0 Å². The van der Waals surface area contributed by atoms with Gasteiger partial charge in [-0.05, 0) is 17.7 Å². The first-order valence-corrected chi connectivity index (χ1v) is 8.61. The first kappa shape index (κ1) is 17.3. The van der Waals surface area contributed by atoms with Gasteiger partial charge >= 0.3 is 6.09 Å². The van der Waals surface area contributed by atoms with Gasteiger partial charge in [-0.15, -0.1) is 11.3 Å². The SMILES string of the molecule is O=C(NCC(O)C(O)c1nc2ccccc2s1)OCc1ccccc1. The van der Waals surface area contributed by atoms with Gasteiger partial charge in [-0.1, -0.05) is 42.5 Å². The summed E-state index contributed by atoms with van der Waals surface area (Å²) in [5.41, 5.74) is 1.64. The summed E-state index contributed by atoms with van der Waals surface area (Å²) in [6.07, 6.45) is -3.00. The second kappa shape index (κ2) is 8.06. The maximum atomic E-state index is 11.7. The smallest absolute Gasteiger partial charge is 0.407 e. The number of hydrogen-bond acceptors (Lipinski definition) is 6. The number of amides is 1. The number of carbonyl (C=O) groups is 1. The highest BCUT2D eigenvalue weighted by molar-refractivity contribution is 7.18. The van der Waals surface area contributed by atoms with E-state index in [0.29, 0.717) is 5.01 Å². The number of thiazole rings is 1. The highest BCUT2D eigenvalue weighted by Crippen LogP contribution is 2.27. The Hall–Kier alpha value is -2.48. The fourth-order valence-electron chi connectivity index (χ4n) is 2.25. The van der Waals surface area contributed by atoms with Crippen LogP contribution in [0.4, 0.5) is 4.79 Å². The third-order valence-corrected chi connectivity index (χ3v) is 4.70. The van der Waals surface area contributed by atoms with Gasteiger partial charge in [0, 0.05) is 6.54 Å². The Balaban J connectivity index is 1.49. The van der Waals surface area contributed by atoms with E-state index in [9.17, 15) is 15.0 Å². The molecule has 2 atom stereocenters. The van der Waals surface area contributed by atoms with Crippen LogP contribution in [0.5, 0.6) is 0 Å². The Morgan fingerprint density at radius 3 is 2.60 bits per heavy atom. The Kier molecular flexibility index (Phi) is 5.60. The summed E-state index contributed by atoms with van der Waals surface area (Å²) in [5.74, 6) is 0. The monoisotopic (exact) mass is 358 g/mol. The molecule has 3 N–H and O–H groups in total. The number of aliphatic hydroxyl groups is 2. The van der Waals surface area contributed by atoms with Crippen LogP contribution in [0.2, 0.25) is 0 Å². The van der Waals surface area contributed by atoms with Crippen molar-refractivity contribution in [3.05, 3.63) is 65.2 Å². The summed E-state index contributed by atoms with van der Waals surface area (Å²) < 4.78 is 5.99. The maximum absolute atomic E-state index is 11.7. The van der Waals surface area contributed by atoms with Crippen LogP contribution in [0.3, 0.4) is 0 Å². The molecule has 0 spiro atoms. The molecule has 1 aromatic heterocycles. The van der Waals surface area contributed by atoms with Crippen molar-refractivity contribution in [3.8, 4) is 0 Å². The quantitative estimate of drug-likeness (QED) is 0.630. The molecule has 0 bridgehead atoms. The fourth-order valence-corrected chi connectivity index (χ4v) is 3.27. The molecule has 1 amide bonds. The highest BCUT2D eigenvalue weighted by atomic mass is 32.1. The van der Waals surface area contributed by atoms with Gasteiger partial charge in [-0.2, -0.15) is 0 Å². The number of ether oxygens (including phenoxy) is 1. The van der Waals surface area contributed by atoms with E-state index < -0.39 is 18.3 Å². The summed E-state index contributed by atoms with van der Waals surface area (Å²) in [5, 5.41) is 23.1. The predicted molar refractivity (Wildman–Crippen MR) is 95.2 cm³/mol. The second-order valence-electron chi connectivity index (χ2n) is 5.47. The molecule has 0 saturated carbocycles. The van der Waals surface area contributed by atoms with Gasteiger partial charge in [0.05, 0.1) is 10.2 Å². The summed E-state index contributed by atoms with van der Waals surface area (Å²) in [7, 11) is 0. The molecule has 3 aromatic rings. The highest BCUT2D eigenvalue weighted by Gasteiger charge is 2.22. The van der Waals surface area contributed by atoms with Crippen molar-refractivity contribution < 1.29 is 19.7 Å². The van der Waals surface area contributed by atoms with Crippen molar-refractivity contribution >= 4 is 27.6 Å². The first-order valence-electron chi connectivity index (χ1n) is 7.79. The zero-order chi connectivity index (χ0) is 17.6. The maximum Gasteiger partial charge on any atom is 0.407 e. The van der Waals surface area contributed by atoms with Gasteiger partial charge in [0.2, 0.25) is 0 Å². The van der Waals surface area contributed by atoms with Crippen molar-refractivity contribution in [3.63, 3.8) is 0 Å². The molecular formula is C18H18N2O4S.